The van der Waals surface area contributed by atoms with Gasteiger partial charge in [0.05, 0.1) is 0 Å². The second-order valence-electron chi connectivity index (χ2n) is 9.16. The fourth-order valence-electron chi connectivity index (χ4n) is 4.26. The molecule has 0 aromatic heterocycles. The molecule has 0 aromatic rings. The van der Waals surface area contributed by atoms with Crippen LogP contribution < -0.4 is 0 Å². The van der Waals surface area contributed by atoms with Crippen LogP contribution in [0.5, 0.6) is 0 Å². The second-order valence-corrected chi connectivity index (χ2v) is 9.16. The Hall–Kier alpha value is -0.600. The van der Waals surface area contributed by atoms with Gasteiger partial charge in [-0.25, -0.2) is 0 Å². The average molecular weight is 384 g/mol. The predicted molar refractivity (Wildman–Crippen MR) is 119 cm³/mol. The van der Waals surface area contributed by atoms with Crippen LogP contribution in [0.15, 0.2) is 5.34 Å². The lowest BCUT2D eigenvalue weighted by molar-refractivity contribution is 0.133. The van der Waals surface area contributed by atoms with Crippen molar-refractivity contribution < 1.29 is 4.84 Å². The molecule has 162 valence electrons. The van der Waals surface area contributed by atoms with Crippen LogP contribution in [0, 0.1) is 16.2 Å². The third kappa shape index (κ3) is 16.1. The molecule has 0 radical (unpaired) electrons. The topological polar surface area (TPSA) is 38.7 Å². The van der Waals surface area contributed by atoms with Crippen LogP contribution in [0.4, 0.5) is 0 Å². The molecule has 0 amide bonds. The highest BCUT2D eigenvalue weighted by atomic mass is 16.7. The summed E-state index contributed by atoms with van der Waals surface area (Å²) in [5.41, 5.74) is 0.455. The molecule has 0 aliphatic carbocycles. The number of rotatable bonds is 21. The average Bonchev–Trinajstić information content (AvgIpc) is 2.65. The van der Waals surface area contributed by atoms with E-state index in [-0.39, 0.29) is 0 Å². The summed E-state index contributed by atoms with van der Waals surface area (Å²) in [6.07, 6.45) is 22.8. The van der Waals surface area contributed by atoms with E-state index in [0.717, 1.165) is 18.8 Å². The first-order valence-electron chi connectivity index (χ1n) is 12.0. The first kappa shape index (κ1) is 26.4. The molecule has 0 aliphatic rings. The van der Waals surface area contributed by atoms with Crippen LogP contribution in [0.25, 0.3) is 0 Å². The summed E-state index contributed by atoms with van der Waals surface area (Å²) in [6.45, 7) is 10.1. The first-order chi connectivity index (χ1) is 13.1. The van der Waals surface area contributed by atoms with Gasteiger partial charge in [-0.1, -0.05) is 105 Å². The van der Waals surface area contributed by atoms with E-state index in [9.17, 15) is 4.91 Å². The maximum atomic E-state index is 9.92. The third-order valence-corrected chi connectivity index (χ3v) is 6.28. The lowest BCUT2D eigenvalue weighted by Crippen LogP contribution is -2.24. The Balaban J connectivity index is 4.19. The van der Waals surface area contributed by atoms with E-state index in [1.165, 1.54) is 96.3 Å². The molecular weight excluding hydrogens is 334 g/mol. The van der Waals surface area contributed by atoms with E-state index in [1.54, 1.807) is 0 Å². The van der Waals surface area contributed by atoms with Crippen LogP contribution in [0.1, 0.15) is 137 Å². The summed E-state index contributed by atoms with van der Waals surface area (Å²) >= 11 is 0. The Morgan fingerprint density at radius 2 is 1.19 bits per heavy atom. The van der Waals surface area contributed by atoms with E-state index in [4.69, 9.17) is 0 Å². The molecule has 3 heteroatoms. The molecule has 0 aliphatic heterocycles. The summed E-state index contributed by atoms with van der Waals surface area (Å²) in [5.74, 6) is 0.878. The van der Waals surface area contributed by atoms with Crippen molar-refractivity contribution in [3.8, 4) is 0 Å². The molecule has 27 heavy (non-hydrogen) atoms. The van der Waals surface area contributed by atoms with Crippen molar-refractivity contribution in [2.24, 2.45) is 16.7 Å². The van der Waals surface area contributed by atoms with Crippen molar-refractivity contribution in [3.63, 3.8) is 0 Å². The Morgan fingerprint density at radius 3 is 1.78 bits per heavy atom. The van der Waals surface area contributed by atoms with Gasteiger partial charge in [0.25, 0.3) is 0 Å². The molecule has 0 N–H and O–H groups in total. The van der Waals surface area contributed by atoms with Crippen molar-refractivity contribution in [2.75, 3.05) is 6.61 Å². The van der Waals surface area contributed by atoms with E-state index in [2.05, 4.69) is 37.9 Å². The highest BCUT2D eigenvalue weighted by Crippen LogP contribution is 2.39. The van der Waals surface area contributed by atoms with Crippen molar-refractivity contribution in [3.05, 3.63) is 4.91 Å². The summed E-state index contributed by atoms with van der Waals surface area (Å²) in [7, 11) is 0. The van der Waals surface area contributed by atoms with Crippen LogP contribution in [0.2, 0.25) is 0 Å². The summed E-state index contributed by atoms with van der Waals surface area (Å²) < 4.78 is 0. The molecule has 3 nitrogen and oxygen atoms in total. The van der Waals surface area contributed by atoms with Gasteiger partial charge in [0.1, 0.15) is 6.61 Å². The zero-order valence-corrected chi connectivity index (χ0v) is 19.1. The quantitative estimate of drug-likeness (QED) is 0.113. The summed E-state index contributed by atoms with van der Waals surface area (Å²) in [4.78, 5) is 14.4. The lowest BCUT2D eigenvalue weighted by atomic mass is 9.70. The van der Waals surface area contributed by atoms with Gasteiger partial charge in [-0.15, -0.1) is 4.91 Å². The Bertz CT molecular complexity index is 318. The van der Waals surface area contributed by atoms with Crippen LogP contribution in [0.3, 0.4) is 0 Å². The van der Waals surface area contributed by atoms with Gasteiger partial charge in [0.15, 0.2) is 5.34 Å². The van der Waals surface area contributed by atoms with E-state index in [1.807, 2.05) is 0 Å². The van der Waals surface area contributed by atoms with Gasteiger partial charge in [-0.3, -0.25) is 0 Å². The second kappa shape index (κ2) is 18.7. The zero-order valence-electron chi connectivity index (χ0n) is 19.1. The number of hydrogen-bond acceptors (Lipinski definition) is 3. The number of hydrogen-bond donors (Lipinski definition) is 0. The fourth-order valence-corrected chi connectivity index (χ4v) is 4.26. The molecule has 0 saturated heterocycles. The monoisotopic (exact) mass is 383 g/mol. The molecular formula is C24H49NO2. The van der Waals surface area contributed by atoms with Crippen molar-refractivity contribution in [1.29, 1.82) is 0 Å². The molecule has 0 aromatic carbocycles. The first-order valence-corrected chi connectivity index (χ1v) is 12.0. The molecule has 1 unspecified atom stereocenters. The highest BCUT2D eigenvalue weighted by Gasteiger charge is 2.28. The zero-order chi connectivity index (χ0) is 20.2. The van der Waals surface area contributed by atoms with Gasteiger partial charge in [-0.2, -0.15) is 0 Å². The van der Waals surface area contributed by atoms with Crippen molar-refractivity contribution in [2.45, 2.75) is 137 Å². The van der Waals surface area contributed by atoms with E-state index < -0.39 is 0 Å². The minimum absolute atomic E-state index is 0.455. The summed E-state index contributed by atoms with van der Waals surface area (Å²) in [5, 5.41) is 2.46. The van der Waals surface area contributed by atoms with Crippen molar-refractivity contribution >= 4 is 0 Å². The van der Waals surface area contributed by atoms with E-state index in [0.29, 0.717) is 12.0 Å². The van der Waals surface area contributed by atoms with Crippen LogP contribution in [-0.2, 0) is 4.84 Å². The third-order valence-electron chi connectivity index (χ3n) is 6.28. The normalized spacial score (nSPS) is 12.9. The smallest absolute Gasteiger partial charge is 0.155 e. The molecule has 0 saturated carbocycles. The minimum Gasteiger partial charge on any atom is -0.364 e. The molecule has 0 rings (SSSR count). The predicted octanol–water partition coefficient (Wildman–Crippen LogP) is 9.00. The van der Waals surface area contributed by atoms with Crippen LogP contribution in [-0.4, -0.2) is 6.61 Å². The highest BCUT2D eigenvalue weighted by molar-refractivity contribution is 4.79. The SMILES string of the molecule is CCCCCCCCC(CCCCCC)C(C)(C)CCCCCCON=O. The molecule has 0 spiro atoms. The van der Waals surface area contributed by atoms with Crippen LogP contribution >= 0.6 is 0 Å². The maximum absolute atomic E-state index is 9.92. The van der Waals surface area contributed by atoms with Gasteiger partial charge in [0, 0.05) is 0 Å². The molecule has 1 atom stereocenters. The Labute approximate surface area is 170 Å². The largest absolute Gasteiger partial charge is 0.364 e. The molecule has 0 bridgehead atoms. The molecule has 0 heterocycles. The maximum Gasteiger partial charge on any atom is 0.155 e. The van der Waals surface area contributed by atoms with Gasteiger partial charge >= 0.3 is 0 Å². The van der Waals surface area contributed by atoms with Gasteiger partial charge in [-0.05, 0) is 43.4 Å². The standard InChI is InChI=1S/C24H49NO2/c1-5-7-9-11-12-16-20-23(19-15-10-8-6-2)24(3,4)21-17-13-14-18-22-27-25-26/h23H,5-22H2,1-4H3. The Morgan fingerprint density at radius 1 is 0.704 bits per heavy atom. The van der Waals surface area contributed by atoms with Gasteiger partial charge in [0.2, 0.25) is 0 Å². The number of unbranched alkanes of at least 4 members (excludes halogenated alkanes) is 11. The van der Waals surface area contributed by atoms with Gasteiger partial charge < -0.3 is 4.84 Å². The van der Waals surface area contributed by atoms with E-state index >= 15 is 0 Å². The molecule has 0 fully saturated rings. The number of nitrogens with zero attached hydrogens (tertiary/aromatic N) is 1. The Kier molecular flexibility index (Phi) is 18.3. The lowest BCUT2D eigenvalue weighted by Gasteiger charge is -2.35. The van der Waals surface area contributed by atoms with Crippen molar-refractivity contribution in [1.82, 2.24) is 0 Å². The summed E-state index contributed by atoms with van der Waals surface area (Å²) in [6, 6.07) is 0. The fraction of sp³-hybridized carbons (Fsp3) is 1.00. The minimum atomic E-state index is 0.455.